The van der Waals surface area contributed by atoms with Gasteiger partial charge in [0.15, 0.2) is 0 Å². The van der Waals surface area contributed by atoms with Crippen molar-refractivity contribution >= 4 is 11.9 Å². The Morgan fingerprint density at radius 1 is 0.846 bits per heavy atom. The number of carboxylic acid groups (broad SMARTS) is 2. The minimum Gasteiger partial charge on any atom is -0.579 e. The zero-order valence-corrected chi connectivity index (χ0v) is 6.45. The van der Waals surface area contributed by atoms with E-state index in [9.17, 15) is 17.6 Å². The number of rotatable bonds is 2. The number of hydrogen-bond donors (Lipinski definition) is 0. The molecule has 80 valence electrons. The number of aliphatic carboxylic acids is 2. The van der Waals surface area contributed by atoms with Crippen LogP contribution in [0.5, 0.6) is 0 Å². The number of carbonyl (C=O) groups excluding carboxylic acids is 2. The largest absolute Gasteiger partial charge is 2.00 e. The van der Waals surface area contributed by atoms with Gasteiger partial charge in [0.05, 0.1) is 0 Å². The van der Waals surface area contributed by atoms with Crippen LogP contribution >= 0.6 is 0 Å². The standard InChI is InChI=1S/2C2HF2O2.Ni/c2*3-1(4)2(5)6;/h2*(H,5,6);/q2*-1;+2/p-2. The van der Waals surface area contributed by atoms with E-state index in [1.165, 1.54) is 0 Å². The fourth-order valence-electron chi connectivity index (χ4n) is 0. The zero-order chi connectivity index (χ0) is 10.3. The van der Waals surface area contributed by atoms with E-state index in [0.717, 1.165) is 0 Å². The molecule has 0 heterocycles. The molecular formula is C4F4NiO4-2. The average Bonchev–Trinajstić information content (AvgIpc) is 1.88. The van der Waals surface area contributed by atoms with Crippen molar-refractivity contribution in [3.8, 4) is 0 Å². The number of hydrogen-bond acceptors (Lipinski definition) is 4. The third-order valence-electron chi connectivity index (χ3n) is 0.309. The van der Waals surface area contributed by atoms with Crippen LogP contribution in [0.15, 0.2) is 0 Å². The molecule has 0 fully saturated rings. The van der Waals surface area contributed by atoms with Crippen LogP contribution in [-0.4, -0.2) is 11.9 Å². The Balaban J connectivity index is -0.000000143. The van der Waals surface area contributed by atoms with Crippen molar-refractivity contribution in [3.63, 3.8) is 0 Å². The van der Waals surface area contributed by atoms with Gasteiger partial charge in [-0.2, -0.15) is 0 Å². The molecule has 0 radical (unpaired) electrons. The molecule has 0 amide bonds. The maximum absolute atomic E-state index is 10.4. The van der Waals surface area contributed by atoms with Crippen molar-refractivity contribution < 1.29 is 53.9 Å². The molecule has 0 bridgehead atoms. The van der Waals surface area contributed by atoms with E-state index in [1.807, 2.05) is 0 Å². The molecule has 0 atom stereocenters. The van der Waals surface area contributed by atoms with Crippen LogP contribution in [0.4, 0.5) is 17.6 Å². The second-order valence-corrected chi connectivity index (χ2v) is 1.10. The predicted octanol–water partition coefficient (Wildman–Crippen LogP) is -1.67. The third-order valence-corrected chi connectivity index (χ3v) is 0.309. The molecule has 0 spiro atoms. The summed E-state index contributed by atoms with van der Waals surface area (Å²) in [5.74, 6) is -4.81. The molecule has 0 N–H and O–H groups in total. The van der Waals surface area contributed by atoms with E-state index in [4.69, 9.17) is 19.8 Å². The summed E-state index contributed by atoms with van der Waals surface area (Å²) in [6.07, 6.45) is -5.37. The summed E-state index contributed by atoms with van der Waals surface area (Å²) >= 11 is 0. The number of halogens is 4. The monoisotopic (exact) mass is 246 g/mol. The molecule has 9 heteroatoms. The summed E-state index contributed by atoms with van der Waals surface area (Å²) < 4.78 is 41.6. The van der Waals surface area contributed by atoms with Crippen LogP contribution < -0.4 is 10.2 Å². The number of carboxylic acids is 2. The Hall–Kier alpha value is -1.11. The first-order valence-electron chi connectivity index (χ1n) is 2.07. The summed E-state index contributed by atoms with van der Waals surface area (Å²) in [6.45, 7) is 0. The van der Waals surface area contributed by atoms with Gasteiger partial charge in [0, 0.05) is 0 Å². The quantitative estimate of drug-likeness (QED) is 0.331. The van der Waals surface area contributed by atoms with Crippen LogP contribution in [0.1, 0.15) is 0 Å². The Bertz CT molecular complexity index is 144. The maximum Gasteiger partial charge on any atom is 2.00 e. The molecule has 0 aromatic heterocycles. The smallest absolute Gasteiger partial charge is 0.579 e. The van der Waals surface area contributed by atoms with Crippen molar-refractivity contribution in [3.05, 3.63) is 12.9 Å². The third kappa shape index (κ3) is 18.1. The molecule has 0 aliphatic heterocycles. The van der Waals surface area contributed by atoms with E-state index < -0.39 is 24.8 Å². The minimum absolute atomic E-state index is 0. The normalized spacial score (nSPS) is 7.08. The summed E-state index contributed by atoms with van der Waals surface area (Å²) in [4.78, 5) is 17.6. The summed E-state index contributed by atoms with van der Waals surface area (Å²) in [5.41, 5.74) is 0. The number of carbonyl (C=O) groups is 2. The molecular weight excluding hydrogens is 247 g/mol. The first kappa shape index (κ1) is 17.8. The SMILES string of the molecule is O=C([O-])[C-](F)F.O=C([O-])[C-](F)F.[Ni+2]. The molecule has 0 unspecified atom stereocenters. The van der Waals surface area contributed by atoms with Crippen molar-refractivity contribution in [2.75, 3.05) is 0 Å². The first-order chi connectivity index (χ1) is 5.29. The van der Waals surface area contributed by atoms with Gasteiger partial charge in [-0.25, -0.2) is 0 Å². The Morgan fingerprint density at radius 3 is 0.923 bits per heavy atom. The van der Waals surface area contributed by atoms with Gasteiger partial charge in [-0.15, -0.1) is 0 Å². The molecule has 0 aromatic carbocycles. The zero-order valence-electron chi connectivity index (χ0n) is 5.46. The molecule has 4 nitrogen and oxygen atoms in total. The Kier molecular flexibility index (Phi) is 12.3. The van der Waals surface area contributed by atoms with E-state index in [0.29, 0.717) is 0 Å². The van der Waals surface area contributed by atoms with Crippen molar-refractivity contribution in [1.82, 2.24) is 0 Å². The minimum atomic E-state index is -2.69. The van der Waals surface area contributed by atoms with Gasteiger partial charge in [0.25, 0.3) is 0 Å². The van der Waals surface area contributed by atoms with Gasteiger partial charge in [0.1, 0.15) is 0 Å². The van der Waals surface area contributed by atoms with Crippen LogP contribution in [-0.2, 0) is 26.1 Å². The van der Waals surface area contributed by atoms with Crippen molar-refractivity contribution in [2.45, 2.75) is 0 Å². The van der Waals surface area contributed by atoms with Gasteiger partial charge in [0.2, 0.25) is 0 Å². The maximum atomic E-state index is 10.4. The predicted molar refractivity (Wildman–Crippen MR) is 20.9 cm³/mol. The Morgan fingerprint density at radius 2 is 0.923 bits per heavy atom. The van der Waals surface area contributed by atoms with Gasteiger partial charge < -0.3 is 37.4 Å². The fourth-order valence-corrected chi connectivity index (χ4v) is 0. The van der Waals surface area contributed by atoms with Gasteiger partial charge >= 0.3 is 16.5 Å². The molecule has 0 aliphatic carbocycles. The van der Waals surface area contributed by atoms with Crippen molar-refractivity contribution in [1.29, 1.82) is 0 Å². The van der Waals surface area contributed by atoms with Gasteiger partial charge in [-0.1, -0.05) is 0 Å². The second-order valence-electron chi connectivity index (χ2n) is 1.10. The molecule has 13 heavy (non-hydrogen) atoms. The molecule has 0 rings (SSSR count). The molecule has 0 saturated carbocycles. The molecule has 0 saturated heterocycles. The second kappa shape index (κ2) is 8.99. The molecule has 0 aromatic rings. The van der Waals surface area contributed by atoms with E-state index >= 15 is 0 Å². The van der Waals surface area contributed by atoms with Crippen molar-refractivity contribution in [2.24, 2.45) is 0 Å². The van der Waals surface area contributed by atoms with Crippen LogP contribution in [0, 0.1) is 12.9 Å². The van der Waals surface area contributed by atoms with Crippen LogP contribution in [0.3, 0.4) is 0 Å². The summed E-state index contributed by atoms with van der Waals surface area (Å²) in [5, 5.41) is 17.6. The summed E-state index contributed by atoms with van der Waals surface area (Å²) in [6, 6.07) is 0. The summed E-state index contributed by atoms with van der Waals surface area (Å²) in [7, 11) is 0. The van der Waals surface area contributed by atoms with Gasteiger partial charge in [-0.3, -0.25) is 0 Å². The average molecular weight is 247 g/mol. The first-order valence-corrected chi connectivity index (χ1v) is 2.07. The molecule has 0 aliphatic rings. The van der Waals surface area contributed by atoms with E-state index in [2.05, 4.69) is 0 Å². The Labute approximate surface area is 79.5 Å². The van der Waals surface area contributed by atoms with E-state index in [-0.39, 0.29) is 16.5 Å². The topological polar surface area (TPSA) is 80.3 Å². The fraction of sp³-hybridized carbons (Fsp3) is 0. The van der Waals surface area contributed by atoms with Crippen LogP contribution in [0.25, 0.3) is 0 Å². The van der Waals surface area contributed by atoms with Gasteiger partial charge in [-0.05, 0) is 24.8 Å². The van der Waals surface area contributed by atoms with Crippen LogP contribution in [0.2, 0.25) is 0 Å². The van der Waals surface area contributed by atoms with E-state index in [1.54, 1.807) is 0 Å².